The number of carbonyl (C=O) groups excluding carboxylic acids is 1. The van der Waals surface area contributed by atoms with Crippen LogP contribution in [0.4, 0.5) is 14.5 Å². The van der Waals surface area contributed by atoms with Gasteiger partial charge >= 0.3 is 0 Å². The van der Waals surface area contributed by atoms with Gasteiger partial charge in [-0.15, -0.1) is 0 Å². The summed E-state index contributed by atoms with van der Waals surface area (Å²) in [4.78, 5) is 11.6. The molecular formula is C13H16F2N2OS. The summed E-state index contributed by atoms with van der Waals surface area (Å²) in [7, 11) is 0. The molecule has 1 heterocycles. The van der Waals surface area contributed by atoms with Crippen LogP contribution in [0, 0.1) is 11.6 Å². The average molecular weight is 286 g/mol. The zero-order valence-corrected chi connectivity index (χ0v) is 11.2. The van der Waals surface area contributed by atoms with Crippen molar-refractivity contribution in [1.82, 2.24) is 5.32 Å². The van der Waals surface area contributed by atoms with E-state index in [0.29, 0.717) is 6.04 Å². The van der Waals surface area contributed by atoms with Crippen LogP contribution in [0.15, 0.2) is 18.2 Å². The van der Waals surface area contributed by atoms with E-state index in [1.807, 2.05) is 11.8 Å². The van der Waals surface area contributed by atoms with Crippen molar-refractivity contribution in [3.05, 3.63) is 29.8 Å². The summed E-state index contributed by atoms with van der Waals surface area (Å²) in [5, 5.41) is 5.36. The number of anilines is 1. The molecule has 1 unspecified atom stereocenters. The molecule has 0 bridgehead atoms. The topological polar surface area (TPSA) is 41.1 Å². The quantitative estimate of drug-likeness (QED) is 0.893. The number of para-hydroxylation sites is 1. The smallest absolute Gasteiger partial charge is 0.238 e. The minimum atomic E-state index is -0.762. The van der Waals surface area contributed by atoms with Crippen LogP contribution in [0.2, 0.25) is 0 Å². The van der Waals surface area contributed by atoms with E-state index in [2.05, 4.69) is 10.6 Å². The third kappa shape index (κ3) is 4.18. The lowest BCUT2D eigenvalue weighted by Crippen LogP contribution is -2.39. The molecule has 0 aliphatic carbocycles. The number of carbonyl (C=O) groups is 1. The van der Waals surface area contributed by atoms with E-state index in [0.717, 1.165) is 36.5 Å². The third-order valence-corrected chi connectivity index (χ3v) is 4.15. The molecule has 104 valence electrons. The van der Waals surface area contributed by atoms with E-state index in [1.54, 1.807) is 0 Å². The summed E-state index contributed by atoms with van der Waals surface area (Å²) >= 11 is 1.85. The largest absolute Gasteiger partial charge is 0.320 e. The summed E-state index contributed by atoms with van der Waals surface area (Å²) in [5.41, 5.74) is -0.382. The average Bonchev–Trinajstić information content (AvgIpc) is 2.42. The number of benzene rings is 1. The van der Waals surface area contributed by atoms with Gasteiger partial charge < -0.3 is 10.6 Å². The number of hydrogen-bond acceptors (Lipinski definition) is 3. The minimum absolute atomic E-state index is 0.0685. The Morgan fingerprint density at radius 2 is 2.11 bits per heavy atom. The lowest BCUT2D eigenvalue weighted by molar-refractivity contribution is -0.115. The number of thioether (sulfide) groups is 1. The lowest BCUT2D eigenvalue weighted by atomic mass is 10.2. The van der Waals surface area contributed by atoms with Gasteiger partial charge in [-0.3, -0.25) is 4.79 Å². The molecule has 0 spiro atoms. The molecule has 1 fully saturated rings. The van der Waals surface area contributed by atoms with Gasteiger partial charge in [0.25, 0.3) is 0 Å². The van der Waals surface area contributed by atoms with E-state index in [4.69, 9.17) is 0 Å². The van der Waals surface area contributed by atoms with Crippen molar-refractivity contribution in [2.75, 3.05) is 23.4 Å². The van der Waals surface area contributed by atoms with Gasteiger partial charge in [-0.2, -0.15) is 11.8 Å². The molecule has 6 heteroatoms. The number of nitrogens with one attached hydrogen (secondary N) is 2. The van der Waals surface area contributed by atoms with Gasteiger partial charge in [0.05, 0.1) is 6.54 Å². The number of amides is 1. The zero-order valence-electron chi connectivity index (χ0n) is 10.4. The van der Waals surface area contributed by atoms with Crippen molar-refractivity contribution >= 4 is 23.4 Å². The van der Waals surface area contributed by atoms with Crippen LogP contribution in [0.5, 0.6) is 0 Å². The highest BCUT2D eigenvalue weighted by Crippen LogP contribution is 2.18. The molecule has 2 N–H and O–H groups in total. The Bertz CT molecular complexity index is 430. The fourth-order valence-electron chi connectivity index (χ4n) is 1.94. The SMILES string of the molecule is O=C(CNC1CCCSC1)Nc1c(F)cccc1F. The van der Waals surface area contributed by atoms with Crippen molar-refractivity contribution in [3.63, 3.8) is 0 Å². The standard InChI is InChI=1S/C13H16F2N2OS/c14-10-4-1-5-11(15)13(10)17-12(18)7-16-9-3-2-6-19-8-9/h1,4-5,9,16H,2-3,6-8H2,(H,17,18). The first-order valence-corrected chi connectivity index (χ1v) is 7.37. The van der Waals surface area contributed by atoms with Crippen LogP contribution in [0.3, 0.4) is 0 Å². The molecule has 0 radical (unpaired) electrons. The van der Waals surface area contributed by atoms with Crippen molar-refractivity contribution < 1.29 is 13.6 Å². The van der Waals surface area contributed by atoms with Crippen LogP contribution < -0.4 is 10.6 Å². The number of rotatable bonds is 4. The molecule has 1 saturated heterocycles. The maximum Gasteiger partial charge on any atom is 0.238 e. The third-order valence-electron chi connectivity index (χ3n) is 2.94. The second kappa shape index (κ2) is 6.86. The molecule has 0 saturated carbocycles. The molecule has 0 aromatic heterocycles. The maximum absolute atomic E-state index is 13.3. The summed E-state index contributed by atoms with van der Waals surface area (Å²) in [6.45, 7) is 0.0685. The second-order valence-corrected chi connectivity index (χ2v) is 5.59. The Morgan fingerprint density at radius 1 is 1.37 bits per heavy atom. The van der Waals surface area contributed by atoms with Gasteiger partial charge in [0, 0.05) is 11.8 Å². The van der Waals surface area contributed by atoms with Gasteiger partial charge in [0.2, 0.25) is 5.91 Å². The van der Waals surface area contributed by atoms with E-state index in [9.17, 15) is 13.6 Å². The Labute approximate surface area is 115 Å². The highest BCUT2D eigenvalue weighted by atomic mass is 32.2. The van der Waals surface area contributed by atoms with Gasteiger partial charge in [0.15, 0.2) is 0 Å². The Hall–Kier alpha value is -1.14. The molecule has 1 aromatic rings. The molecule has 19 heavy (non-hydrogen) atoms. The lowest BCUT2D eigenvalue weighted by Gasteiger charge is -2.22. The van der Waals surface area contributed by atoms with Crippen LogP contribution in [-0.4, -0.2) is 30.0 Å². The Kier molecular flexibility index (Phi) is 5.15. The van der Waals surface area contributed by atoms with Crippen molar-refractivity contribution in [3.8, 4) is 0 Å². The van der Waals surface area contributed by atoms with Crippen molar-refractivity contribution in [1.29, 1.82) is 0 Å². The van der Waals surface area contributed by atoms with E-state index in [-0.39, 0.29) is 12.2 Å². The Morgan fingerprint density at radius 3 is 2.74 bits per heavy atom. The van der Waals surface area contributed by atoms with Crippen LogP contribution >= 0.6 is 11.8 Å². The molecule has 2 rings (SSSR count). The first-order valence-electron chi connectivity index (χ1n) is 6.22. The van der Waals surface area contributed by atoms with Crippen molar-refractivity contribution in [2.24, 2.45) is 0 Å². The Balaban J connectivity index is 1.83. The zero-order chi connectivity index (χ0) is 13.7. The number of halogens is 2. The highest BCUT2D eigenvalue weighted by molar-refractivity contribution is 7.99. The van der Waals surface area contributed by atoms with Crippen molar-refractivity contribution in [2.45, 2.75) is 18.9 Å². The van der Waals surface area contributed by atoms with Crippen LogP contribution in [0.25, 0.3) is 0 Å². The molecule has 1 amide bonds. The van der Waals surface area contributed by atoms with Gasteiger partial charge in [0.1, 0.15) is 17.3 Å². The fourth-order valence-corrected chi connectivity index (χ4v) is 3.05. The molecule has 3 nitrogen and oxygen atoms in total. The van der Waals surface area contributed by atoms with Gasteiger partial charge in [-0.1, -0.05) is 6.07 Å². The summed E-state index contributed by atoms with van der Waals surface area (Å²) in [6.07, 6.45) is 2.17. The van der Waals surface area contributed by atoms with Crippen LogP contribution in [0.1, 0.15) is 12.8 Å². The molecular weight excluding hydrogens is 270 g/mol. The predicted molar refractivity (Wildman–Crippen MR) is 73.3 cm³/mol. The van der Waals surface area contributed by atoms with E-state index >= 15 is 0 Å². The van der Waals surface area contributed by atoms with Gasteiger partial charge in [-0.05, 0) is 30.7 Å². The first kappa shape index (κ1) is 14.3. The number of hydrogen-bond donors (Lipinski definition) is 2. The van der Waals surface area contributed by atoms with Crippen LogP contribution in [-0.2, 0) is 4.79 Å². The first-order chi connectivity index (χ1) is 9.16. The van der Waals surface area contributed by atoms with Gasteiger partial charge in [-0.25, -0.2) is 8.78 Å². The molecule has 1 aliphatic rings. The second-order valence-electron chi connectivity index (χ2n) is 4.44. The monoisotopic (exact) mass is 286 g/mol. The minimum Gasteiger partial charge on any atom is -0.320 e. The summed E-state index contributed by atoms with van der Waals surface area (Å²) in [6, 6.07) is 3.79. The van der Waals surface area contributed by atoms with E-state index < -0.39 is 17.5 Å². The highest BCUT2D eigenvalue weighted by Gasteiger charge is 2.16. The summed E-state index contributed by atoms with van der Waals surface area (Å²) < 4.78 is 26.7. The van der Waals surface area contributed by atoms with E-state index in [1.165, 1.54) is 6.07 Å². The predicted octanol–water partition coefficient (Wildman–Crippen LogP) is 2.39. The maximum atomic E-state index is 13.3. The molecule has 1 aliphatic heterocycles. The normalized spacial score (nSPS) is 19.2. The fraction of sp³-hybridized carbons (Fsp3) is 0.462. The molecule has 1 atom stereocenters. The molecule has 1 aromatic carbocycles. The summed E-state index contributed by atoms with van der Waals surface area (Å²) in [5.74, 6) is 0.175.